The fourth-order valence-corrected chi connectivity index (χ4v) is 0.801. The average molecular weight is 440 g/mol. The Hall–Kier alpha value is -0.891. The fourth-order valence-electron chi connectivity index (χ4n) is 0.801. The first-order chi connectivity index (χ1) is 11.1. The van der Waals surface area contributed by atoms with Gasteiger partial charge in [-0.15, -0.1) is 0 Å². The number of hydrogen-bond acceptors (Lipinski definition) is 8. The number of carbonyl (C=O) groups is 4. The van der Waals surface area contributed by atoms with Crippen molar-refractivity contribution in [3.63, 3.8) is 0 Å². The molecule has 144 valence electrons. The maximum Gasteiger partial charge on any atom is 0.412 e. The zero-order chi connectivity index (χ0) is 19.1. The van der Waals surface area contributed by atoms with Crippen molar-refractivity contribution in [1.82, 2.24) is 0 Å². The Kier molecular flexibility index (Phi) is 25.7. The Bertz CT molecular complexity index is 441. The number of ketones is 2. The third-order valence-electron chi connectivity index (χ3n) is 1.67. The average Bonchev–Trinajstić information content (AvgIpc) is 2.51. The molecular formula is C16H24O8Ti2. The van der Waals surface area contributed by atoms with Crippen LogP contribution >= 0.6 is 0 Å². The van der Waals surface area contributed by atoms with Crippen LogP contribution < -0.4 is 0 Å². The van der Waals surface area contributed by atoms with Gasteiger partial charge in [-0.3, -0.25) is 19.4 Å². The molecule has 0 unspecified atom stereocenters. The maximum atomic E-state index is 10.7. The molecule has 0 atom stereocenters. The molecule has 0 radical (unpaired) electrons. The summed E-state index contributed by atoms with van der Waals surface area (Å²) in [5, 5.41) is 0. The molecule has 0 aliphatic rings. The third kappa shape index (κ3) is 21.2. The molecule has 0 amide bonds. The summed E-state index contributed by atoms with van der Waals surface area (Å²) in [5.41, 5.74) is 0. The molecular weight excluding hydrogens is 416 g/mol. The van der Waals surface area contributed by atoms with Crippen molar-refractivity contribution in [3.05, 3.63) is 24.3 Å². The van der Waals surface area contributed by atoms with Crippen molar-refractivity contribution in [3.8, 4) is 0 Å². The van der Waals surface area contributed by atoms with Gasteiger partial charge in [-0.25, -0.2) is 9.59 Å². The molecule has 0 spiro atoms. The van der Waals surface area contributed by atoms with Gasteiger partial charge in [0.2, 0.25) is 0 Å². The molecule has 0 N–H and O–H groups in total. The van der Waals surface area contributed by atoms with E-state index in [-0.39, 0.29) is 55.6 Å². The number of allylic oxidation sites excluding steroid dienone is 2. The smallest absolute Gasteiger partial charge is 0.289 e. The predicted molar refractivity (Wildman–Crippen MR) is 84.3 cm³/mol. The Morgan fingerprint density at radius 3 is 1.12 bits per heavy atom. The van der Waals surface area contributed by atoms with E-state index in [2.05, 4.69) is 19.6 Å². The van der Waals surface area contributed by atoms with E-state index >= 15 is 0 Å². The molecule has 26 heavy (non-hydrogen) atoms. The minimum Gasteiger partial charge on any atom is -0.289 e. The molecule has 0 aromatic rings. The number of rotatable bonds is 8. The van der Waals surface area contributed by atoms with E-state index in [0.29, 0.717) is 0 Å². The van der Waals surface area contributed by atoms with Crippen LogP contribution in [0.4, 0.5) is 0 Å². The second kappa shape index (κ2) is 20.4. The summed E-state index contributed by atoms with van der Waals surface area (Å²) in [6.07, 6.45) is 4.66. The quantitative estimate of drug-likeness (QED) is 0.186. The summed E-state index contributed by atoms with van der Waals surface area (Å²) in [6.45, 7) is 10.0. The van der Waals surface area contributed by atoms with Gasteiger partial charge in [-0.2, -0.15) is 9.78 Å². The number of carbonyl (C=O) groups excluding carboxylic acids is 4. The van der Waals surface area contributed by atoms with E-state index in [1.807, 2.05) is 0 Å². The van der Waals surface area contributed by atoms with Crippen LogP contribution in [-0.2, 0) is 82.2 Å². The van der Waals surface area contributed by atoms with Gasteiger partial charge < -0.3 is 0 Å². The SMILES string of the molecule is CC=CC(=O)C(=O)OOC(C)C.CC=CC(=O)C(=O)OOC(C)C.[Ti].[Ti]. The molecule has 0 rings (SSSR count). The first-order valence-electron chi connectivity index (χ1n) is 7.24. The molecule has 0 saturated heterocycles. The zero-order valence-electron chi connectivity index (χ0n) is 15.7. The Morgan fingerprint density at radius 2 is 0.923 bits per heavy atom. The van der Waals surface area contributed by atoms with Crippen LogP contribution in [0.5, 0.6) is 0 Å². The summed E-state index contributed by atoms with van der Waals surface area (Å²) in [6, 6.07) is 0. The first-order valence-corrected chi connectivity index (χ1v) is 7.24. The van der Waals surface area contributed by atoms with Crippen LogP contribution in [0.25, 0.3) is 0 Å². The molecule has 0 heterocycles. The summed E-state index contributed by atoms with van der Waals surface area (Å²) in [7, 11) is 0. The standard InChI is InChI=1S/2C8H12O4.2Ti/c2*1-4-5-7(9)8(10)12-11-6(2)3;;/h2*4-6H,1-3H3;;. The van der Waals surface area contributed by atoms with Gasteiger partial charge in [0.05, 0.1) is 12.2 Å². The van der Waals surface area contributed by atoms with Crippen LogP contribution in [0.15, 0.2) is 24.3 Å². The van der Waals surface area contributed by atoms with E-state index in [0.717, 1.165) is 12.2 Å². The van der Waals surface area contributed by atoms with Gasteiger partial charge in [-0.1, -0.05) is 12.2 Å². The van der Waals surface area contributed by atoms with Gasteiger partial charge in [0, 0.05) is 43.4 Å². The fraction of sp³-hybridized carbons (Fsp3) is 0.500. The summed E-state index contributed by atoms with van der Waals surface area (Å²) in [5.74, 6) is -3.44. The molecule has 0 aromatic carbocycles. The minimum absolute atomic E-state index is 0. The second-order valence-electron chi connectivity index (χ2n) is 4.76. The molecule has 0 aromatic heterocycles. The molecule has 0 bridgehead atoms. The summed E-state index contributed by atoms with van der Waals surface area (Å²) >= 11 is 0. The number of hydrogen-bond donors (Lipinski definition) is 0. The van der Waals surface area contributed by atoms with Gasteiger partial charge in [0.15, 0.2) is 0 Å². The van der Waals surface area contributed by atoms with Crippen molar-refractivity contribution in [2.45, 2.75) is 53.8 Å². The van der Waals surface area contributed by atoms with Crippen LogP contribution in [0.2, 0.25) is 0 Å². The van der Waals surface area contributed by atoms with Crippen LogP contribution in [0.1, 0.15) is 41.5 Å². The Labute approximate surface area is 183 Å². The van der Waals surface area contributed by atoms with Crippen LogP contribution in [0.3, 0.4) is 0 Å². The molecule has 0 aliphatic heterocycles. The van der Waals surface area contributed by atoms with E-state index in [1.54, 1.807) is 41.5 Å². The van der Waals surface area contributed by atoms with Crippen molar-refractivity contribution >= 4 is 23.5 Å². The van der Waals surface area contributed by atoms with E-state index < -0.39 is 23.5 Å². The van der Waals surface area contributed by atoms with Crippen LogP contribution in [0, 0.1) is 0 Å². The van der Waals surface area contributed by atoms with Crippen molar-refractivity contribution < 1.29 is 82.2 Å². The van der Waals surface area contributed by atoms with E-state index in [9.17, 15) is 19.2 Å². The minimum atomic E-state index is -0.998. The second-order valence-corrected chi connectivity index (χ2v) is 4.76. The topological polar surface area (TPSA) is 105 Å². The van der Waals surface area contributed by atoms with Gasteiger partial charge in [0.1, 0.15) is 0 Å². The molecule has 10 heteroatoms. The summed E-state index contributed by atoms with van der Waals surface area (Å²) in [4.78, 5) is 60.1. The largest absolute Gasteiger partial charge is 0.412 e. The summed E-state index contributed by atoms with van der Waals surface area (Å²) < 4.78 is 0. The maximum absolute atomic E-state index is 10.7. The van der Waals surface area contributed by atoms with Crippen molar-refractivity contribution in [1.29, 1.82) is 0 Å². The normalized spacial score (nSPS) is 9.85. The molecule has 0 saturated carbocycles. The van der Waals surface area contributed by atoms with Gasteiger partial charge in [0.25, 0.3) is 11.6 Å². The first kappa shape index (κ1) is 32.8. The Morgan fingerprint density at radius 1 is 0.654 bits per heavy atom. The molecule has 8 nitrogen and oxygen atoms in total. The zero-order valence-corrected chi connectivity index (χ0v) is 18.9. The Balaban J connectivity index is -0.000000173. The van der Waals surface area contributed by atoms with Gasteiger partial charge >= 0.3 is 11.9 Å². The third-order valence-corrected chi connectivity index (χ3v) is 1.67. The van der Waals surface area contributed by atoms with E-state index in [4.69, 9.17) is 0 Å². The van der Waals surface area contributed by atoms with E-state index in [1.165, 1.54) is 12.2 Å². The van der Waals surface area contributed by atoms with Crippen molar-refractivity contribution in [2.24, 2.45) is 0 Å². The van der Waals surface area contributed by atoms with Gasteiger partial charge in [-0.05, 0) is 53.7 Å². The predicted octanol–water partition coefficient (Wildman–Crippen LogP) is 2.02. The molecule has 0 aliphatic carbocycles. The van der Waals surface area contributed by atoms with Crippen LogP contribution in [-0.4, -0.2) is 35.7 Å². The monoisotopic (exact) mass is 440 g/mol. The molecule has 0 fully saturated rings. The van der Waals surface area contributed by atoms with Crippen molar-refractivity contribution in [2.75, 3.05) is 0 Å².